The zero-order valence-electron chi connectivity index (χ0n) is 16.5. The Hall–Kier alpha value is -1.61. The zero-order chi connectivity index (χ0) is 20.7. The molecule has 156 valence electrons. The van der Waals surface area contributed by atoms with Gasteiger partial charge in [-0.1, -0.05) is 25.4 Å². The van der Waals surface area contributed by atoms with Crippen molar-refractivity contribution in [2.75, 3.05) is 25.6 Å². The highest BCUT2D eigenvalue weighted by Crippen LogP contribution is 2.30. The Morgan fingerprint density at radius 3 is 2.37 bits per heavy atom. The summed E-state index contributed by atoms with van der Waals surface area (Å²) in [5, 5.41) is 6.55. The molecular formula is C18H29F3N2O4. The third-order valence-corrected chi connectivity index (χ3v) is 4.24. The number of carbonyl (C=O) groups is 1. The van der Waals surface area contributed by atoms with Crippen LogP contribution < -0.4 is 5.32 Å². The van der Waals surface area contributed by atoms with Crippen LogP contribution in [0.4, 0.5) is 19.1 Å². The number of halogens is 3. The second-order valence-electron chi connectivity index (χ2n) is 7.59. The highest BCUT2D eigenvalue weighted by molar-refractivity contribution is 5.93. The van der Waals surface area contributed by atoms with Crippen LogP contribution in [0.3, 0.4) is 0 Å². The summed E-state index contributed by atoms with van der Waals surface area (Å²) in [5.74, 6) is -0.169. The minimum atomic E-state index is -4.17. The fraction of sp³-hybridized carbons (Fsp3) is 0.778. The number of unbranched alkanes of at least 4 members (excludes halogenated alkanes) is 1. The number of anilines is 1. The number of nitrogens with zero attached hydrogens (tertiary/aromatic N) is 1. The molecule has 0 aliphatic heterocycles. The molecule has 1 aromatic rings. The summed E-state index contributed by atoms with van der Waals surface area (Å²) in [5.41, 5.74) is -1.04. The first-order valence-corrected chi connectivity index (χ1v) is 8.86. The highest BCUT2D eigenvalue weighted by Gasteiger charge is 2.31. The standard InChI is InChI=1S/C18H29F3N2O4/c1-16(2,8-6-7-9-18(19,20)21)15(24)22-14-12-13(23-27-14)17(3,4)26-11-10-25-5/h12H,6-11H2,1-5H3,(H,22,24). The average Bonchev–Trinajstić information content (AvgIpc) is 3.00. The topological polar surface area (TPSA) is 73.6 Å². The van der Waals surface area contributed by atoms with Gasteiger partial charge in [-0.05, 0) is 26.7 Å². The highest BCUT2D eigenvalue weighted by atomic mass is 19.4. The van der Waals surface area contributed by atoms with Gasteiger partial charge in [-0.3, -0.25) is 10.1 Å². The Balaban J connectivity index is 2.57. The lowest BCUT2D eigenvalue weighted by atomic mass is 9.86. The smallest absolute Gasteiger partial charge is 0.382 e. The molecule has 0 radical (unpaired) electrons. The van der Waals surface area contributed by atoms with E-state index in [0.29, 0.717) is 31.7 Å². The van der Waals surface area contributed by atoms with Crippen molar-refractivity contribution in [1.82, 2.24) is 5.16 Å². The SMILES string of the molecule is COCCOC(C)(C)c1cc(NC(=O)C(C)(C)CCCCC(F)(F)F)on1. The number of aromatic nitrogens is 1. The summed E-state index contributed by atoms with van der Waals surface area (Å²) >= 11 is 0. The van der Waals surface area contributed by atoms with Gasteiger partial charge in [-0.15, -0.1) is 0 Å². The third-order valence-electron chi connectivity index (χ3n) is 4.24. The summed E-state index contributed by atoms with van der Waals surface area (Å²) < 4.78 is 52.4. The van der Waals surface area contributed by atoms with Crippen molar-refractivity contribution in [3.63, 3.8) is 0 Å². The number of hydrogen-bond acceptors (Lipinski definition) is 5. The normalized spacial score (nSPS) is 13.0. The van der Waals surface area contributed by atoms with Gasteiger partial charge in [-0.2, -0.15) is 13.2 Å². The number of rotatable bonds is 11. The Morgan fingerprint density at radius 1 is 1.15 bits per heavy atom. The summed E-state index contributed by atoms with van der Waals surface area (Å²) in [6, 6.07) is 1.57. The molecule has 1 N–H and O–H groups in total. The summed E-state index contributed by atoms with van der Waals surface area (Å²) in [7, 11) is 1.57. The van der Waals surface area contributed by atoms with Crippen LogP contribution in [0.15, 0.2) is 10.6 Å². The van der Waals surface area contributed by atoms with Crippen LogP contribution in [0.25, 0.3) is 0 Å². The van der Waals surface area contributed by atoms with Crippen LogP contribution in [0.1, 0.15) is 59.1 Å². The first-order valence-electron chi connectivity index (χ1n) is 8.86. The average molecular weight is 394 g/mol. The number of methoxy groups -OCH3 is 1. The van der Waals surface area contributed by atoms with E-state index >= 15 is 0 Å². The van der Waals surface area contributed by atoms with E-state index in [1.54, 1.807) is 27.0 Å². The van der Waals surface area contributed by atoms with Crippen LogP contribution in [0.5, 0.6) is 0 Å². The van der Waals surface area contributed by atoms with Crippen LogP contribution >= 0.6 is 0 Å². The molecule has 0 saturated carbocycles. The van der Waals surface area contributed by atoms with E-state index in [1.165, 1.54) is 0 Å². The van der Waals surface area contributed by atoms with Crippen LogP contribution in [0, 0.1) is 5.41 Å². The monoisotopic (exact) mass is 394 g/mol. The van der Waals surface area contributed by atoms with Gasteiger partial charge in [-0.25, -0.2) is 0 Å². The number of amides is 1. The molecule has 0 unspecified atom stereocenters. The fourth-order valence-electron chi connectivity index (χ4n) is 2.36. The predicted molar refractivity (Wildman–Crippen MR) is 94.3 cm³/mol. The Bertz CT molecular complexity index is 598. The number of nitrogens with one attached hydrogen (secondary N) is 1. The number of alkyl halides is 3. The minimum absolute atomic E-state index is 0.000329. The van der Waals surface area contributed by atoms with Gasteiger partial charge in [0.2, 0.25) is 11.8 Å². The van der Waals surface area contributed by atoms with E-state index in [9.17, 15) is 18.0 Å². The summed E-state index contributed by atoms with van der Waals surface area (Å²) in [6.07, 6.45) is -4.36. The summed E-state index contributed by atoms with van der Waals surface area (Å²) in [6.45, 7) is 7.82. The maximum absolute atomic E-state index is 12.4. The van der Waals surface area contributed by atoms with E-state index in [1.807, 2.05) is 13.8 Å². The van der Waals surface area contributed by atoms with Gasteiger partial charge < -0.3 is 14.0 Å². The van der Waals surface area contributed by atoms with E-state index in [-0.39, 0.29) is 18.2 Å². The molecule has 6 nitrogen and oxygen atoms in total. The molecule has 0 aromatic carbocycles. The van der Waals surface area contributed by atoms with Crippen molar-refractivity contribution in [2.45, 2.75) is 65.2 Å². The molecule has 0 bridgehead atoms. The molecule has 1 rings (SSSR count). The number of ether oxygens (including phenoxy) is 2. The molecule has 1 heterocycles. The van der Waals surface area contributed by atoms with Gasteiger partial charge >= 0.3 is 6.18 Å². The second-order valence-corrected chi connectivity index (χ2v) is 7.59. The largest absolute Gasteiger partial charge is 0.389 e. The van der Waals surface area contributed by atoms with Crippen LogP contribution in [-0.4, -0.2) is 37.6 Å². The predicted octanol–water partition coefficient (Wildman–Crippen LogP) is 4.66. The van der Waals surface area contributed by atoms with Gasteiger partial charge in [0.1, 0.15) is 11.3 Å². The summed E-state index contributed by atoms with van der Waals surface area (Å²) in [4.78, 5) is 12.4. The van der Waals surface area contributed by atoms with E-state index in [4.69, 9.17) is 14.0 Å². The molecule has 0 aliphatic carbocycles. The fourth-order valence-corrected chi connectivity index (χ4v) is 2.36. The first kappa shape index (κ1) is 23.4. The first-order chi connectivity index (χ1) is 12.4. The van der Waals surface area contributed by atoms with E-state index in [2.05, 4.69) is 10.5 Å². The Kier molecular flexibility index (Phi) is 8.28. The molecule has 27 heavy (non-hydrogen) atoms. The molecule has 0 saturated heterocycles. The molecular weight excluding hydrogens is 365 g/mol. The maximum Gasteiger partial charge on any atom is 0.389 e. The molecule has 0 spiro atoms. The van der Waals surface area contributed by atoms with Crippen LogP contribution in [-0.2, 0) is 19.9 Å². The number of hydrogen-bond donors (Lipinski definition) is 1. The minimum Gasteiger partial charge on any atom is -0.382 e. The third kappa shape index (κ3) is 8.30. The van der Waals surface area contributed by atoms with Crippen molar-refractivity contribution in [3.05, 3.63) is 11.8 Å². The quantitative estimate of drug-likeness (QED) is 0.553. The van der Waals surface area contributed by atoms with Gasteiger partial charge in [0.15, 0.2) is 0 Å². The Labute approximate surface area is 157 Å². The van der Waals surface area contributed by atoms with Gasteiger partial charge in [0.25, 0.3) is 0 Å². The van der Waals surface area contributed by atoms with Gasteiger partial charge in [0, 0.05) is 25.0 Å². The maximum atomic E-state index is 12.4. The van der Waals surface area contributed by atoms with Crippen molar-refractivity contribution in [3.8, 4) is 0 Å². The lowest BCUT2D eigenvalue weighted by molar-refractivity contribution is -0.136. The molecule has 0 aliphatic rings. The lowest BCUT2D eigenvalue weighted by Gasteiger charge is -2.23. The van der Waals surface area contributed by atoms with Crippen molar-refractivity contribution in [2.24, 2.45) is 5.41 Å². The van der Waals surface area contributed by atoms with Gasteiger partial charge in [0.05, 0.1) is 13.2 Å². The van der Waals surface area contributed by atoms with E-state index < -0.39 is 23.6 Å². The van der Waals surface area contributed by atoms with Crippen molar-refractivity contribution >= 4 is 11.8 Å². The molecule has 1 amide bonds. The second kappa shape index (κ2) is 9.54. The zero-order valence-corrected chi connectivity index (χ0v) is 16.5. The van der Waals surface area contributed by atoms with Crippen LogP contribution in [0.2, 0.25) is 0 Å². The number of carbonyl (C=O) groups excluding carboxylic acids is 1. The molecule has 1 aromatic heterocycles. The molecule has 9 heteroatoms. The van der Waals surface area contributed by atoms with Crippen molar-refractivity contribution < 1.29 is 32.0 Å². The van der Waals surface area contributed by atoms with E-state index in [0.717, 1.165) is 0 Å². The molecule has 0 atom stereocenters. The van der Waals surface area contributed by atoms with Crippen molar-refractivity contribution in [1.29, 1.82) is 0 Å². The lowest BCUT2D eigenvalue weighted by Crippen LogP contribution is -2.30. The Morgan fingerprint density at radius 2 is 1.78 bits per heavy atom. The molecule has 0 fully saturated rings.